The van der Waals surface area contributed by atoms with Gasteiger partial charge in [0.25, 0.3) is 5.91 Å². The molecule has 0 radical (unpaired) electrons. The minimum atomic E-state index is -1.04. The van der Waals surface area contributed by atoms with Crippen molar-refractivity contribution >= 4 is 51.0 Å². The summed E-state index contributed by atoms with van der Waals surface area (Å²) in [7, 11) is 0. The van der Waals surface area contributed by atoms with Crippen LogP contribution in [0.1, 0.15) is 59.2 Å². The number of hydrogen-bond donors (Lipinski definition) is 3. The zero-order valence-corrected chi connectivity index (χ0v) is 17.9. The van der Waals surface area contributed by atoms with Crippen LogP contribution in [0.5, 0.6) is 5.88 Å². The average Bonchev–Trinajstić information content (AvgIpc) is 3.21. The van der Waals surface area contributed by atoms with Crippen molar-refractivity contribution in [2.75, 3.05) is 5.32 Å². The number of halogens is 1. The SMILES string of the molecule is CCc1[nH]c(C(=O)Nc2nc(OC(C)C)c3c(CC)c(C(=O)O)sc3n2)nc1Cl. The Morgan fingerprint density at radius 3 is 2.52 bits per heavy atom. The Kier molecular flexibility index (Phi) is 6.04. The van der Waals surface area contributed by atoms with Crippen molar-refractivity contribution in [3.8, 4) is 5.88 Å². The summed E-state index contributed by atoms with van der Waals surface area (Å²) in [6.07, 6.45) is 0.877. The molecular formula is C18H20ClN5O4S. The highest BCUT2D eigenvalue weighted by Crippen LogP contribution is 2.37. The fourth-order valence-electron chi connectivity index (χ4n) is 2.79. The number of aromatic nitrogens is 4. The maximum absolute atomic E-state index is 12.5. The van der Waals surface area contributed by atoms with E-state index < -0.39 is 11.9 Å². The van der Waals surface area contributed by atoms with E-state index in [0.717, 1.165) is 11.3 Å². The average molecular weight is 438 g/mol. The number of carbonyl (C=O) groups excluding carboxylic acids is 1. The summed E-state index contributed by atoms with van der Waals surface area (Å²) >= 11 is 7.01. The van der Waals surface area contributed by atoms with Crippen LogP contribution in [0, 0.1) is 0 Å². The molecular weight excluding hydrogens is 418 g/mol. The van der Waals surface area contributed by atoms with Gasteiger partial charge >= 0.3 is 5.97 Å². The van der Waals surface area contributed by atoms with Crippen LogP contribution in [0.4, 0.5) is 5.95 Å². The summed E-state index contributed by atoms with van der Waals surface area (Å²) in [5.41, 5.74) is 1.25. The Morgan fingerprint density at radius 1 is 1.24 bits per heavy atom. The van der Waals surface area contributed by atoms with Gasteiger partial charge in [0.15, 0.2) is 11.0 Å². The van der Waals surface area contributed by atoms with Crippen LogP contribution < -0.4 is 10.1 Å². The molecule has 0 aliphatic rings. The minimum Gasteiger partial charge on any atom is -0.477 e. The molecule has 0 bridgehead atoms. The van der Waals surface area contributed by atoms with Gasteiger partial charge in [-0.15, -0.1) is 11.3 Å². The summed E-state index contributed by atoms with van der Waals surface area (Å²) in [6.45, 7) is 7.41. The zero-order chi connectivity index (χ0) is 21.3. The van der Waals surface area contributed by atoms with Crippen molar-refractivity contribution in [3.63, 3.8) is 0 Å². The first-order chi connectivity index (χ1) is 13.7. The number of nitrogens with one attached hydrogen (secondary N) is 2. The number of thiophene rings is 1. The summed E-state index contributed by atoms with van der Waals surface area (Å²) < 4.78 is 5.80. The minimum absolute atomic E-state index is 0.00966. The fraction of sp³-hybridized carbons (Fsp3) is 0.389. The summed E-state index contributed by atoms with van der Waals surface area (Å²) in [6, 6.07) is 0. The predicted molar refractivity (Wildman–Crippen MR) is 110 cm³/mol. The number of H-pyrrole nitrogens is 1. The molecule has 3 aromatic heterocycles. The predicted octanol–water partition coefficient (Wildman–Crippen LogP) is 3.93. The smallest absolute Gasteiger partial charge is 0.346 e. The maximum Gasteiger partial charge on any atom is 0.346 e. The Bertz CT molecular complexity index is 1090. The van der Waals surface area contributed by atoms with Crippen LogP contribution in [0.15, 0.2) is 0 Å². The molecule has 0 unspecified atom stereocenters. The van der Waals surface area contributed by atoms with Gasteiger partial charge in [-0.25, -0.2) is 14.8 Å². The number of fused-ring (bicyclic) bond motifs is 1. The third-order valence-electron chi connectivity index (χ3n) is 4.03. The van der Waals surface area contributed by atoms with Gasteiger partial charge < -0.3 is 14.8 Å². The monoisotopic (exact) mass is 437 g/mol. The molecule has 29 heavy (non-hydrogen) atoms. The quantitative estimate of drug-likeness (QED) is 0.510. The molecule has 0 spiro atoms. The number of aryl methyl sites for hydroxylation is 2. The third kappa shape index (κ3) is 4.18. The van der Waals surface area contributed by atoms with Crippen LogP contribution in [-0.2, 0) is 12.8 Å². The van der Waals surface area contributed by atoms with E-state index in [1.54, 1.807) is 0 Å². The van der Waals surface area contributed by atoms with Crippen molar-refractivity contribution in [3.05, 3.63) is 27.1 Å². The largest absolute Gasteiger partial charge is 0.477 e. The zero-order valence-electron chi connectivity index (χ0n) is 16.3. The number of aromatic carboxylic acids is 1. The van der Waals surface area contributed by atoms with Crippen LogP contribution in [0.25, 0.3) is 10.2 Å². The van der Waals surface area contributed by atoms with E-state index in [-0.39, 0.29) is 33.8 Å². The lowest BCUT2D eigenvalue weighted by molar-refractivity contribution is 0.0701. The van der Waals surface area contributed by atoms with Gasteiger partial charge in [-0.1, -0.05) is 25.4 Å². The second-order valence-corrected chi connectivity index (χ2v) is 7.79. The Labute approximate surface area is 175 Å². The lowest BCUT2D eigenvalue weighted by Gasteiger charge is -2.12. The van der Waals surface area contributed by atoms with Gasteiger partial charge in [0.1, 0.15) is 9.71 Å². The first kappa shape index (κ1) is 21.0. The van der Waals surface area contributed by atoms with E-state index >= 15 is 0 Å². The van der Waals surface area contributed by atoms with E-state index in [0.29, 0.717) is 34.3 Å². The van der Waals surface area contributed by atoms with Gasteiger partial charge in [0.05, 0.1) is 17.2 Å². The van der Waals surface area contributed by atoms with E-state index in [2.05, 4.69) is 25.3 Å². The van der Waals surface area contributed by atoms with Gasteiger partial charge in [-0.05, 0) is 32.3 Å². The molecule has 3 heterocycles. The number of hydrogen-bond acceptors (Lipinski definition) is 7. The number of aromatic amines is 1. The van der Waals surface area contributed by atoms with Crippen molar-refractivity contribution in [2.24, 2.45) is 0 Å². The normalized spacial score (nSPS) is 11.2. The van der Waals surface area contributed by atoms with Crippen LogP contribution in [0.3, 0.4) is 0 Å². The highest BCUT2D eigenvalue weighted by molar-refractivity contribution is 7.20. The number of carbonyl (C=O) groups is 2. The highest BCUT2D eigenvalue weighted by atomic mass is 35.5. The number of imidazole rings is 1. The second kappa shape index (κ2) is 8.34. The number of anilines is 1. The lowest BCUT2D eigenvalue weighted by Crippen LogP contribution is -2.17. The number of carboxylic acids is 1. The Morgan fingerprint density at radius 2 is 1.97 bits per heavy atom. The molecule has 0 saturated carbocycles. The molecule has 9 nitrogen and oxygen atoms in total. The van der Waals surface area contributed by atoms with Crippen molar-refractivity contribution in [1.29, 1.82) is 0 Å². The molecule has 154 valence electrons. The summed E-state index contributed by atoms with van der Waals surface area (Å²) in [5.74, 6) is -1.35. The molecule has 0 aromatic carbocycles. The van der Waals surface area contributed by atoms with E-state index in [9.17, 15) is 14.7 Å². The number of ether oxygens (including phenoxy) is 1. The van der Waals surface area contributed by atoms with E-state index in [4.69, 9.17) is 16.3 Å². The van der Waals surface area contributed by atoms with Crippen molar-refractivity contribution < 1.29 is 19.4 Å². The first-order valence-corrected chi connectivity index (χ1v) is 10.2. The molecule has 11 heteroatoms. The van der Waals surface area contributed by atoms with Crippen LogP contribution in [-0.4, -0.2) is 43.0 Å². The standard InChI is InChI=1S/C18H20ClN5O4S/c1-5-8-10-15(28-7(3)4)23-18(24-16(10)29-11(8)17(26)27)22-14(25)13-20-9(6-2)12(19)21-13/h7H,5-6H2,1-4H3,(H,20,21)(H,26,27)(H,22,23,24,25). The number of nitrogens with zero attached hydrogens (tertiary/aromatic N) is 3. The van der Waals surface area contributed by atoms with Gasteiger partial charge in [-0.3, -0.25) is 10.1 Å². The number of amides is 1. The first-order valence-electron chi connectivity index (χ1n) is 9.04. The summed E-state index contributed by atoms with van der Waals surface area (Å²) in [4.78, 5) is 40.2. The van der Waals surface area contributed by atoms with E-state index in [1.165, 1.54) is 0 Å². The van der Waals surface area contributed by atoms with Crippen LogP contribution in [0.2, 0.25) is 5.15 Å². The summed E-state index contributed by atoms with van der Waals surface area (Å²) in [5, 5.41) is 12.9. The van der Waals surface area contributed by atoms with Crippen LogP contribution >= 0.6 is 22.9 Å². The molecule has 3 rings (SSSR count). The molecule has 0 aliphatic heterocycles. The van der Waals surface area contributed by atoms with Crippen molar-refractivity contribution in [2.45, 2.75) is 46.6 Å². The molecule has 3 N–H and O–H groups in total. The Balaban J connectivity index is 2.06. The molecule has 1 amide bonds. The third-order valence-corrected chi connectivity index (χ3v) is 5.46. The second-order valence-electron chi connectivity index (χ2n) is 6.43. The fourth-order valence-corrected chi connectivity index (χ4v) is 4.15. The number of carboxylic acid groups (broad SMARTS) is 1. The molecule has 0 fully saturated rings. The van der Waals surface area contributed by atoms with E-state index in [1.807, 2.05) is 27.7 Å². The maximum atomic E-state index is 12.5. The van der Waals surface area contributed by atoms with Gasteiger partial charge in [-0.2, -0.15) is 4.98 Å². The van der Waals surface area contributed by atoms with Gasteiger partial charge in [0.2, 0.25) is 11.8 Å². The molecule has 0 aliphatic carbocycles. The number of rotatable bonds is 7. The van der Waals surface area contributed by atoms with Gasteiger partial charge in [0, 0.05) is 0 Å². The Hall–Kier alpha value is -2.72. The topological polar surface area (TPSA) is 130 Å². The molecule has 0 saturated heterocycles. The lowest BCUT2D eigenvalue weighted by atomic mass is 10.1. The molecule has 0 atom stereocenters. The van der Waals surface area contributed by atoms with Crippen molar-refractivity contribution in [1.82, 2.24) is 19.9 Å². The highest BCUT2D eigenvalue weighted by Gasteiger charge is 2.24. The molecule has 3 aromatic rings.